The van der Waals surface area contributed by atoms with Gasteiger partial charge in [-0.2, -0.15) is 0 Å². The largest absolute Gasteiger partial charge is 0.378 e. The third-order valence-electron chi connectivity index (χ3n) is 4.40. The Kier molecular flexibility index (Phi) is 11.6. The van der Waals surface area contributed by atoms with E-state index in [4.69, 9.17) is 4.74 Å². The lowest BCUT2D eigenvalue weighted by Gasteiger charge is -2.20. The molecule has 0 atom stereocenters. The highest BCUT2D eigenvalue weighted by atomic mass is 16.5. The standard InChI is InChI=1S/C18H36O/c1-2-3-4-5-6-7-11-14-17-19-18-15-12-9-8-10-13-16-18/h18H,2-17H2,1H3. The quantitative estimate of drug-likeness (QED) is 0.425. The Labute approximate surface area is 121 Å². The Hall–Kier alpha value is -0.0400. The normalized spacial score (nSPS) is 18.2. The summed E-state index contributed by atoms with van der Waals surface area (Å²) in [4.78, 5) is 0. The maximum Gasteiger partial charge on any atom is 0.0575 e. The molecule has 0 amide bonds. The molecule has 0 saturated heterocycles. The van der Waals surface area contributed by atoms with E-state index in [-0.39, 0.29) is 0 Å². The van der Waals surface area contributed by atoms with Crippen molar-refractivity contribution < 1.29 is 4.74 Å². The predicted molar refractivity (Wildman–Crippen MR) is 84.7 cm³/mol. The molecule has 0 spiro atoms. The third kappa shape index (κ3) is 10.4. The van der Waals surface area contributed by atoms with Crippen molar-refractivity contribution in [1.29, 1.82) is 0 Å². The molecular weight excluding hydrogens is 232 g/mol. The Morgan fingerprint density at radius 1 is 0.684 bits per heavy atom. The molecule has 0 aromatic carbocycles. The first-order chi connectivity index (χ1) is 9.43. The Morgan fingerprint density at radius 2 is 1.21 bits per heavy atom. The van der Waals surface area contributed by atoms with Gasteiger partial charge in [-0.05, 0) is 19.3 Å². The average molecular weight is 268 g/mol. The van der Waals surface area contributed by atoms with Crippen LogP contribution in [0.25, 0.3) is 0 Å². The Balaban J connectivity index is 1.84. The molecule has 1 nitrogen and oxygen atoms in total. The van der Waals surface area contributed by atoms with Crippen LogP contribution in [-0.4, -0.2) is 12.7 Å². The molecule has 1 saturated carbocycles. The van der Waals surface area contributed by atoms with Crippen LogP contribution in [0.3, 0.4) is 0 Å². The van der Waals surface area contributed by atoms with E-state index in [0.29, 0.717) is 6.10 Å². The minimum absolute atomic E-state index is 0.588. The molecule has 0 heterocycles. The summed E-state index contributed by atoms with van der Waals surface area (Å²) >= 11 is 0. The molecule has 1 aliphatic rings. The van der Waals surface area contributed by atoms with Gasteiger partial charge in [0.25, 0.3) is 0 Å². The lowest BCUT2D eigenvalue weighted by atomic mass is 9.98. The number of unbranched alkanes of at least 4 members (excludes halogenated alkanes) is 7. The first kappa shape index (κ1) is 17.0. The lowest BCUT2D eigenvalue weighted by molar-refractivity contribution is 0.0332. The van der Waals surface area contributed by atoms with Crippen molar-refractivity contribution in [2.45, 2.75) is 109 Å². The van der Waals surface area contributed by atoms with Crippen LogP contribution < -0.4 is 0 Å². The number of hydrogen-bond donors (Lipinski definition) is 0. The van der Waals surface area contributed by atoms with Gasteiger partial charge in [0.1, 0.15) is 0 Å². The monoisotopic (exact) mass is 268 g/mol. The van der Waals surface area contributed by atoms with Gasteiger partial charge < -0.3 is 4.74 Å². The number of ether oxygens (including phenoxy) is 1. The van der Waals surface area contributed by atoms with Crippen LogP contribution in [0.5, 0.6) is 0 Å². The molecule has 0 N–H and O–H groups in total. The fourth-order valence-electron chi connectivity index (χ4n) is 3.07. The highest BCUT2D eigenvalue weighted by Crippen LogP contribution is 2.19. The summed E-state index contributed by atoms with van der Waals surface area (Å²) in [6.07, 6.45) is 21.5. The van der Waals surface area contributed by atoms with Crippen molar-refractivity contribution in [1.82, 2.24) is 0 Å². The van der Waals surface area contributed by atoms with Crippen LogP contribution in [0.2, 0.25) is 0 Å². The molecule has 0 unspecified atom stereocenters. The molecule has 0 bridgehead atoms. The first-order valence-electron chi connectivity index (χ1n) is 9.05. The van der Waals surface area contributed by atoms with Crippen molar-refractivity contribution in [3.63, 3.8) is 0 Å². The van der Waals surface area contributed by atoms with Crippen LogP contribution in [0.15, 0.2) is 0 Å². The zero-order chi connectivity index (χ0) is 13.6. The predicted octanol–water partition coefficient (Wildman–Crippen LogP) is 6.26. The van der Waals surface area contributed by atoms with Gasteiger partial charge in [-0.3, -0.25) is 0 Å². The summed E-state index contributed by atoms with van der Waals surface area (Å²) in [6.45, 7) is 3.30. The average Bonchev–Trinajstić information content (AvgIpc) is 2.39. The van der Waals surface area contributed by atoms with Crippen LogP contribution in [0, 0.1) is 0 Å². The smallest absolute Gasteiger partial charge is 0.0575 e. The van der Waals surface area contributed by atoms with Gasteiger partial charge in [-0.25, -0.2) is 0 Å². The summed E-state index contributed by atoms with van der Waals surface area (Å²) in [6, 6.07) is 0. The SMILES string of the molecule is CCCCCCCCCCOC1CCCCCCC1. The molecule has 19 heavy (non-hydrogen) atoms. The lowest BCUT2D eigenvalue weighted by Crippen LogP contribution is -2.15. The number of rotatable bonds is 10. The summed E-state index contributed by atoms with van der Waals surface area (Å²) in [5.74, 6) is 0. The van der Waals surface area contributed by atoms with Gasteiger partial charge in [-0.1, -0.05) is 84.0 Å². The van der Waals surface area contributed by atoms with Crippen molar-refractivity contribution in [3.8, 4) is 0 Å². The molecule has 114 valence electrons. The van der Waals surface area contributed by atoms with E-state index in [1.165, 1.54) is 96.3 Å². The molecule has 1 fully saturated rings. The third-order valence-corrected chi connectivity index (χ3v) is 4.40. The molecule has 0 aliphatic heterocycles. The molecule has 1 heteroatoms. The van der Waals surface area contributed by atoms with E-state index in [9.17, 15) is 0 Å². The van der Waals surface area contributed by atoms with Gasteiger partial charge in [0.05, 0.1) is 6.10 Å². The van der Waals surface area contributed by atoms with Crippen molar-refractivity contribution in [2.24, 2.45) is 0 Å². The fraction of sp³-hybridized carbons (Fsp3) is 1.00. The van der Waals surface area contributed by atoms with Crippen LogP contribution in [-0.2, 0) is 4.74 Å². The van der Waals surface area contributed by atoms with Gasteiger partial charge in [-0.15, -0.1) is 0 Å². The second-order valence-corrected chi connectivity index (χ2v) is 6.31. The zero-order valence-corrected chi connectivity index (χ0v) is 13.3. The summed E-state index contributed by atoms with van der Waals surface area (Å²) in [5.41, 5.74) is 0. The van der Waals surface area contributed by atoms with Crippen LogP contribution in [0.4, 0.5) is 0 Å². The molecular formula is C18H36O. The van der Waals surface area contributed by atoms with E-state index in [0.717, 1.165) is 6.61 Å². The first-order valence-corrected chi connectivity index (χ1v) is 9.05. The minimum atomic E-state index is 0.588. The van der Waals surface area contributed by atoms with Gasteiger partial charge in [0.2, 0.25) is 0 Å². The fourth-order valence-corrected chi connectivity index (χ4v) is 3.07. The molecule has 0 radical (unpaired) electrons. The van der Waals surface area contributed by atoms with E-state index >= 15 is 0 Å². The Morgan fingerprint density at radius 3 is 1.84 bits per heavy atom. The molecule has 0 aromatic heterocycles. The minimum Gasteiger partial charge on any atom is -0.378 e. The van der Waals surface area contributed by atoms with Crippen molar-refractivity contribution in [3.05, 3.63) is 0 Å². The van der Waals surface area contributed by atoms with E-state index in [1.807, 2.05) is 0 Å². The second-order valence-electron chi connectivity index (χ2n) is 6.31. The van der Waals surface area contributed by atoms with E-state index in [1.54, 1.807) is 0 Å². The van der Waals surface area contributed by atoms with Gasteiger partial charge >= 0.3 is 0 Å². The maximum absolute atomic E-state index is 6.06. The number of hydrogen-bond acceptors (Lipinski definition) is 1. The molecule has 1 rings (SSSR count). The van der Waals surface area contributed by atoms with Gasteiger partial charge in [0, 0.05) is 6.61 Å². The second kappa shape index (κ2) is 13.0. The maximum atomic E-state index is 6.06. The Bertz CT molecular complexity index is 171. The van der Waals surface area contributed by atoms with Crippen molar-refractivity contribution in [2.75, 3.05) is 6.61 Å². The van der Waals surface area contributed by atoms with Crippen molar-refractivity contribution >= 4 is 0 Å². The van der Waals surface area contributed by atoms with E-state index in [2.05, 4.69) is 6.92 Å². The summed E-state index contributed by atoms with van der Waals surface area (Å²) in [7, 11) is 0. The summed E-state index contributed by atoms with van der Waals surface area (Å²) in [5, 5.41) is 0. The van der Waals surface area contributed by atoms with Crippen LogP contribution >= 0.6 is 0 Å². The molecule has 1 aliphatic carbocycles. The highest BCUT2D eigenvalue weighted by Gasteiger charge is 2.10. The zero-order valence-electron chi connectivity index (χ0n) is 13.3. The van der Waals surface area contributed by atoms with Crippen LogP contribution in [0.1, 0.15) is 103 Å². The van der Waals surface area contributed by atoms with E-state index < -0.39 is 0 Å². The molecule has 0 aromatic rings. The topological polar surface area (TPSA) is 9.23 Å². The van der Waals surface area contributed by atoms with Gasteiger partial charge in [0.15, 0.2) is 0 Å². The highest BCUT2D eigenvalue weighted by molar-refractivity contribution is 4.63. The summed E-state index contributed by atoms with van der Waals surface area (Å²) < 4.78 is 6.06.